The molecule has 3 N–H and O–H groups in total. The maximum atomic E-state index is 12.8. The fraction of sp³-hybridized carbons (Fsp3) is 0.231. The van der Waals surface area contributed by atoms with Gasteiger partial charge in [-0.25, -0.2) is 13.1 Å². The molecule has 1 heterocycles. The van der Waals surface area contributed by atoms with Gasteiger partial charge in [-0.3, -0.25) is 9.59 Å². The van der Waals surface area contributed by atoms with E-state index in [-0.39, 0.29) is 22.9 Å². The van der Waals surface area contributed by atoms with Gasteiger partial charge in [0.25, 0.3) is 11.8 Å². The second-order valence-electron chi connectivity index (χ2n) is 9.19. The summed E-state index contributed by atoms with van der Waals surface area (Å²) in [6, 6.07) is 22.0. The van der Waals surface area contributed by atoms with Crippen LogP contribution >= 0.6 is 0 Å². The lowest BCUT2D eigenvalue weighted by Gasteiger charge is -2.39. The molecule has 3 aromatic carbocycles. The van der Waals surface area contributed by atoms with Crippen molar-refractivity contribution >= 4 is 33.2 Å². The van der Waals surface area contributed by atoms with E-state index in [4.69, 9.17) is 0 Å². The molecule has 1 unspecified atom stereocenters. The first-order chi connectivity index (χ1) is 16.0. The highest BCUT2D eigenvalue weighted by Gasteiger charge is 2.34. The summed E-state index contributed by atoms with van der Waals surface area (Å²) in [6.45, 7) is 4.17. The predicted molar refractivity (Wildman–Crippen MR) is 134 cm³/mol. The average molecular weight is 478 g/mol. The first-order valence-corrected chi connectivity index (χ1v) is 12.8. The molecule has 8 heteroatoms. The zero-order valence-corrected chi connectivity index (χ0v) is 20.1. The van der Waals surface area contributed by atoms with Crippen molar-refractivity contribution in [2.75, 3.05) is 16.9 Å². The summed E-state index contributed by atoms with van der Waals surface area (Å²) < 4.78 is 24.9. The number of benzene rings is 3. The fourth-order valence-corrected chi connectivity index (χ4v) is 4.73. The molecule has 3 aromatic rings. The van der Waals surface area contributed by atoms with Crippen molar-refractivity contribution in [3.8, 4) is 0 Å². The van der Waals surface area contributed by atoms with Crippen LogP contribution in [0.5, 0.6) is 0 Å². The minimum atomic E-state index is -3.65. The Kier molecular flexibility index (Phi) is 6.18. The highest BCUT2D eigenvalue weighted by Crippen LogP contribution is 2.44. The molecular formula is C26H27N3O4S. The minimum absolute atomic E-state index is 0.0392. The lowest BCUT2D eigenvalue weighted by atomic mass is 9.73. The number of rotatable bonds is 5. The maximum absolute atomic E-state index is 12.8. The van der Waals surface area contributed by atoms with E-state index in [0.29, 0.717) is 5.56 Å². The molecule has 0 aliphatic carbocycles. The van der Waals surface area contributed by atoms with Crippen molar-refractivity contribution in [1.29, 1.82) is 0 Å². The van der Waals surface area contributed by atoms with Crippen LogP contribution in [0.25, 0.3) is 0 Å². The molecule has 0 radical (unpaired) electrons. The number of fused-ring (bicyclic) bond motifs is 1. The SMILES string of the molecule is CC1(C)CC(c2cccc(C(=O)Nc3ccccc3)c2)Nc2ccc(C(=O)NS(C)(=O)=O)cc21. The summed E-state index contributed by atoms with van der Waals surface area (Å²) in [5.74, 6) is -0.828. The molecule has 0 saturated carbocycles. The first-order valence-electron chi connectivity index (χ1n) is 10.9. The Balaban J connectivity index is 1.57. The summed E-state index contributed by atoms with van der Waals surface area (Å²) in [5.41, 5.74) is 4.09. The van der Waals surface area contributed by atoms with Gasteiger partial charge in [0.1, 0.15) is 0 Å². The Labute approximate surface area is 199 Å². The summed E-state index contributed by atoms with van der Waals surface area (Å²) in [4.78, 5) is 25.1. The number of carbonyl (C=O) groups is 2. The van der Waals surface area contributed by atoms with E-state index < -0.39 is 15.9 Å². The summed E-state index contributed by atoms with van der Waals surface area (Å²) in [7, 11) is -3.65. The second-order valence-corrected chi connectivity index (χ2v) is 10.9. The summed E-state index contributed by atoms with van der Waals surface area (Å²) >= 11 is 0. The van der Waals surface area contributed by atoms with Gasteiger partial charge in [0, 0.05) is 22.5 Å². The van der Waals surface area contributed by atoms with Crippen LogP contribution < -0.4 is 15.4 Å². The lowest BCUT2D eigenvalue weighted by Crippen LogP contribution is -2.33. The largest absolute Gasteiger partial charge is 0.378 e. The Hall–Kier alpha value is -3.65. The minimum Gasteiger partial charge on any atom is -0.378 e. The van der Waals surface area contributed by atoms with Crippen LogP contribution in [0.15, 0.2) is 72.8 Å². The third kappa shape index (κ3) is 5.28. The molecule has 4 rings (SSSR count). The van der Waals surface area contributed by atoms with Crippen LogP contribution in [0, 0.1) is 0 Å². The molecule has 2 amide bonds. The summed E-state index contributed by atoms with van der Waals surface area (Å²) in [6.07, 6.45) is 1.68. The fourth-order valence-electron chi connectivity index (χ4n) is 4.28. The molecule has 7 nitrogen and oxygen atoms in total. The van der Waals surface area contributed by atoms with Gasteiger partial charge in [0.2, 0.25) is 10.0 Å². The van der Waals surface area contributed by atoms with E-state index >= 15 is 0 Å². The number of anilines is 2. The molecule has 1 atom stereocenters. The van der Waals surface area contributed by atoms with E-state index in [0.717, 1.165) is 35.2 Å². The van der Waals surface area contributed by atoms with Crippen molar-refractivity contribution < 1.29 is 18.0 Å². The van der Waals surface area contributed by atoms with E-state index in [2.05, 4.69) is 24.5 Å². The maximum Gasteiger partial charge on any atom is 0.264 e. The van der Waals surface area contributed by atoms with Crippen molar-refractivity contribution in [1.82, 2.24) is 4.72 Å². The molecule has 1 aliphatic heterocycles. The lowest BCUT2D eigenvalue weighted by molar-refractivity contribution is 0.0980. The predicted octanol–water partition coefficient (Wildman–Crippen LogP) is 4.46. The van der Waals surface area contributed by atoms with E-state index in [9.17, 15) is 18.0 Å². The van der Waals surface area contributed by atoms with Gasteiger partial charge in [0.05, 0.1) is 12.3 Å². The zero-order valence-electron chi connectivity index (χ0n) is 19.3. The number of nitrogens with one attached hydrogen (secondary N) is 3. The molecule has 1 aliphatic rings. The molecule has 34 heavy (non-hydrogen) atoms. The average Bonchev–Trinajstić information content (AvgIpc) is 2.78. The normalized spacial score (nSPS) is 16.6. The van der Waals surface area contributed by atoms with Gasteiger partial charge in [-0.05, 0) is 65.4 Å². The summed E-state index contributed by atoms with van der Waals surface area (Å²) in [5, 5.41) is 6.43. The molecule has 0 fully saturated rings. The topological polar surface area (TPSA) is 104 Å². The molecule has 176 valence electrons. The highest BCUT2D eigenvalue weighted by atomic mass is 32.2. The van der Waals surface area contributed by atoms with Gasteiger partial charge in [-0.2, -0.15) is 0 Å². The number of sulfonamides is 1. The Morgan fingerprint density at radius 3 is 2.32 bits per heavy atom. The molecule has 0 bridgehead atoms. The van der Waals surface area contributed by atoms with Crippen molar-refractivity contribution in [2.24, 2.45) is 0 Å². The van der Waals surface area contributed by atoms with Crippen LogP contribution in [0.3, 0.4) is 0 Å². The number of para-hydroxylation sites is 1. The van der Waals surface area contributed by atoms with Gasteiger partial charge in [-0.1, -0.05) is 44.2 Å². The van der Waals surface area contributed by atoms with Crippen LogP contribution in [-0.2, 0) is 15.4 Å². The molecule has 0 aromatic heterocycles. The van der Waals surface area contributed by atoms with Crippen LogP contribution in [-0.4, -0.2) is 26.5 Å². The van der Waals surface area contributed by atoms with Gasteiger partial charge < -0.3 is 10.6 Å². The van der Waals surface area contributed by atoms with E-state index in [1.807, 2.05) is 53.3 Å². The molecule has 0 saturated heterocycles. The second kappa shape index (κ2) is 8.95. The number of amides is 2. The smallest absolute Gasteiger partial charge is 0.264 e. The van der Waals surface area contributed by atoms with Gasteiger partial charge >= 0.3 is 0 Å². The quantitative estimate of drug-likeness (QED) is 0.503. The highest BCUT2D eigenvalue weighted by molar-refractivity contribution is 7.89. The number of carbonyl (C=O) groups excluding carboxylic acids is 2. The monoisotopic (exact) mass is 477 g/mol. The van der Waals surface area contributed by atoms with Crippen molar-refractivity contribution in [3.05, 3.63) is 95.1 Å². The zero-order chi connectivity index (χ0) is 24.5. The van der Waals surface area contributed by atoms with E-state index in [1.165, 1.54) is 0 Å². The Bertz CT molecular complexity index is 1350. The Morgan fingerprint density at radius 1 is 0.912 bits per heavy atom. The van der Waals surface area contributed by atoms with E-state index in [1.54, 1.807) is 24.3 Å². The first kappa shape index (κ1) is 23.5. The standard InChI is InChI=1S/C26H27N3O4S/c1-26(2)16-23(28-22-13-12-19(15-21(22)26)25(31)29-34(3,32)33)17-8-7-9-18(14-17)24(30)27-20-10-5-4-6-11-20/h4-15,23,28H,16H2,1-3H3,(H,27,30)(H,29,31). The number of hydrogen-bond donors (Lipinski definition) is 3. The van der Waals surface area contributed by atoms with Crippen molar-refractivity contribution in [3.63, 3.8) is 0 Å². The van der Waals surface area contributed by atoms with Crippen molar-refractivity contribution in [2.45, 2.75) is 31.7 Å². The number of hydrogen-bond acceptors (Lipinski definition) is 5. The van der Waals surface area contributed by atoms with Gasteiger partial charge in [-0.15, -0.1) is 0 Å². The molecule has 0 spiro atoms. The van der Waals surface area contributed by atoms with Gasteiger partial charge in [0.15, 0.2) is 0 Å². The third-order valence-corrected chi connectivity index (χ3v) is 6.47. The Morgan fingerprint density at radius 2 is 1.62 bits per heavy atom. The molecular weight excluding hydrogens is 450 g/mol. The van der Waals surface area contributed by atoms with Crippen LogP contribution in [0.4, 0.5) is 11.4 Å². The van der Waals surface area contributed by atoms with Crippen LogP contribution in [0.2, 0.25) is 0 Å². The van der Waals surface area contributed by atoms with Crippen LogP contribution in [0.1, 0.15) is 58.2 Å². The third-order valence-electron chi connectivity index (χ3n) is 5.92.